The van der Waals surface area contributed by atoms with Gasteiger partial charge in [0.25, 0.3) is 5.91 Å². The predicted molar refractivity (Wildman–Crippen MR) is 78.1 cm³/mol. The number of aliphatic carboxylic acids is 1. The molecular weight excluding hydrogens is 270 g/mol. The fourth-order valence-electron chi connectivity index (χ4n) is 2.82. The van der Waals surface area contributed by atoms with Crippen molar-refractivity contribution in [2.75, 3.05) is 13.7 Å². The second-order valence-electron chi connectivity index (χ2n) is 5.58. The van der Waals surface area contributed by atoms with Crippen LogP contribution >= 0.6 is 0 Å². The highest BCUT2D eigenvalue weighted by molar-refractivity contribution is 5.99. The Morgan fingerprint density at radius 1 is 1.33 bits per heavy atom. The van der Waals surface area contributed by atoms with Gasteiger partial charge in [0.05, 0.1) is 6.61 Å². The van der Waals surface area contributed by atoms with Gasteiger partial charge < -0.3 is 14.7 Å². The molecular formula is C16H21NO4. The second-order valence-corrected chi connectivity index (χ2v) is 5.58. The number of carboxylic acids is 1. The highest BCUT2D eigenvalue weighted by Crippen LogP contribution is 2.30. The average molecular weight is 291 g/mol. The van der Waals surface area contributed by atoms with Crippen LogP contribution in [0.1, 0.15) is 42.1 Å². The number of carbonyl (C=O) groups is 2. The van der Waals surface area contributed by atoms with Crippen LogP contribution in [0.5, 0.6) is 0 Å². The highest BCUT2D eigenvalue weighted by Gasteiger charge is 2.44. The lowest BCUT2D eigenvalue weighted by Crippen LogP contribution is -2.57. The number of amides is 1. The molecule has 1 amide bonds. The molecule has 1 N–H and O–H groups in total. The lowest BCUT2D eigenvalue weighted by molar-refractivity contribution is -0.150. The molecule has 1 aliphatic heterocycles. The lowest BCUT2D eigenvalue weighted by Gasteiger charge is -2.41. The first-order valence-corrected chi connectivity index (χ1v) is 7.13. The van der Waals surface area contributed by atoms with Crippen molar-refractivity contribution in [3.05, 3.63) is 35.4 Å². The number of hydrogen-bond donors (Lipinski definition) is 1. The zero-order chi connectivity index (χ0) is 15.5. The summed E-state index contributed by atoms with van der Waals surface area (Å²) in [6.07, 6.45) is 2.15. The summed E-state index contributed by atoms with van der Waals surface area (Å²) in [6, 6.07) is 7.19. The SMILES string of the molecule is COCc1ccccc1C(=O)N1CCCCC1(C)C(=O)O. The molecule has 1 aliphatic rings. The fraction of sp³-hybridized carbons (Fsp3) is 0.500. The van der Waals surface area contributed by atoms with Crippen molar-refractivity contribution >= 4 is 11.9 Å². The number of carbonyl (C=O) groups excluding carboxylic acids is 1. The summed E-state index contributed by atoms with van der Waals surface area (Å²) in [5.74, 6) is -1.17. The summed E-state index contributed by atoms with van der Waals surface area (Å²) >= 11 is 0. The van der Waals surface area contributed by atoms with Crippen LogP contribution in [0.4, 0.5) is 0 Å². The summed E-state index contributed by atoms with van der Waals surface area (Å²) in [5.41, 5.74) is 0.173. The Bertz CT molecular complexity index is 543. The van der Waals surface area contributed by atoms with Crippen molar-refractivity contribution in [1.82, 2.24) is 4.90 Å². The van der Waals surface area contributed by atoms with Gasteiger partial charge >= 0.3 is 5.97 Å². The van der Waals surface area contributed by atoms with Crippen molar-refractivity contribution in [3.63, 3.8) is 0 Å². The minimum Gasteiger partial charge on any atom is -0.480 e. The Balaban J connectivity index is 2.36. The van der Waals surface area contributed by atoms with Gasteiger partial charge in [0.15, 0.2) is 0 Å². The van der Waals surface area contributed by atoms with Crippen LogP contribution in [0.2, 0.25) is 0 Å². The summed E-state index contributed by atoms with van der Waals surface area (Å²) in [4.78, 5) is 25.9. The highest BCUT2D eigenvalue weighted by atomic mass is 16.5. The van der Waals surface area contributed by atoms with Gasteiger partial charge in [-0.3, -0.25) is 4.79 Å². The predicted octanol–water partition coefficient (Wildman–Crippen LogP) is 2.30. The normalized spacial score (nSPS) is 22.1. The van der Waals surface area contributed by atoms with Crippen LogP contribution in [0.25, 0.3) is 0 Å². The number of hydrogen-bond acceptors (Lipinski definition) is 3. The molecule has 21 heavy (non-hydrogen) atoms. The van der Waals surface area contributed by atoms with Crippen LogP contribution in [0.15, 0.2) is 24.3 Å². The third-order valence-electron chi connectivity index (χ3n) is 4.14. The van der Waals surface area contributed by atoms with E-state index in [0.29, 0.717) is 25.1 Å². The van der Waals surface area contributed by atoms with Gasteiger partial charge in [0, 0.05) is 19.2 Å². The Morgan fingerprint density at radius 2 is 2.05 bits per heavy atom. The molecule has 0 spiro atoms. The van der Waals surface area contributed by atoms with E-state index in [1.807, 2.05) is 12.1 Å². The van der Waals surface area contributed by atoms with Crippen LogP contribution in [-0.4, -0.2) is 41.1 Å². The van der Waals surface area contributed by atoms with Crippen molar-refractivity contribution in [2.45, 2.75) is 38.3 Å². The minimum absolute atomic E-state index is 0.229. The molecule has 1 saturated heterocycles. The van der Waals surface area contributed by atoms with E-state index in [2.05, 4.69) is 0 Å². The molecule has 5 heteroatoms. The van der Waals surface area contributed by atoms with Crippen LogP contribution in [0, 0.1) is 0 Å². The molecule has 0 aliphatic carbocycles. The number of benzene rings is 1. The fourth-order valence-corrected chi connectivity index (χ4v) is 2.82. The van der Waals surface area contributed by atoms with E-state index in [1.54, 1.807) is 26.2 Å². The zero-order valence-electron chi connectivity index (χ0n) is 12.5. The molecule has 5 nitrogen and oxygen atoms in total. The molecule has 1 atom stereocenters. The molecule has 1 aromatic carbocycles. The number of likely N-dealkylation sites (tertiary alicyclic amines) is 1. The van der Waals surface area contributed by atoms with E-state index in [9.17, 15) is 14.7 Å². The number of carboxylic acid groups (broad SMARTS) is 1. The van der Waals surface area contributed by atoms with Crippen molar-refractivity contribution in [2.24, 2.45) is 0 Å². The maximum atomic E-state index is 12.8. The summed E-state index contributed by atoms with van der Waals surface area (Å²) in [5, 5.41) is 9.52. The van der Waals surface area contributed by atoms with E-state index in [-0.39, 0.29) is 5.91 Å². The zero-order valence-corrected chi connectivity index (χ0v) is 12.5. The molecule has 1 fully saturated rings. The topological polar surface area (TPSA) is 66.8 Å². The average Bonchev–Trinajstić information content (AvgIpc) is 2.48. The maximum Gasteiger partial charge on any atom is 0.329 e. The molecule has 0 saturated carbocycles. The van der Waals surface area contributed by atoms with Gasteiger partial charge in [-0.05, 0) is 37.8 Å². The smallest absolute Gasteiger partial charge is 0.329 e. The van der Waals surface area contributed by atoms with E-state index >= 15 is 0 Å². The number of methoxy groups -OCH3 is 1. The maximum absolute atomic E-state index is 12.8. The lowest BCUT2D eigenvalue weighted by atomic mass is 9.87. The van der Waals surface area contributed by atoms with E-state index in [4.69, 9.17) is 4.74 Å². The Labute approximate surface area is 124 Å². The molecule has 114 valence electrons. The number of piperidine rings is 1. The molecule has 1 heterocycles. The first-order chi connectivity index (χ1) is 10.0. The van der Waals surface area contributed by atoms with Crippen LogP contribution in [0.3, 0.4) is 0 Å². The van der Waals surface area contributed by atoms with Gasteiger partial charge in [0.1, 0.15) is 5.54 Å². The summed E-state index contributed by atoms with van der Waals surface area (Å²) in [7, 11) is 1.57. The van der Waals surface area contributed by atoms with Gasteiger partial charge in [-0.1, -0.05) is 18.2 Å². The molecule has 0 aromatic heterocycles. The Morgan fingerprint density at radius 3 is 2.71 bits per heavy atom. The monoisotopic (exact) mass is 291 g/mol. The number of nitrogens with zero attached hydrogens (tertiary/aromatic N) is 1. The van der Waals surface area contributed by atoms with Crippen LogP contribution in [-0.2, 0) is 16.1 Å². The molecule has 2 rings (SSSR count). The second kappa shape index (κ2) is 6.26. The van der Waals surface area contributed by atoms with Crippen LogP contribution < -0.4 is 0 Å². The Hall–Kier alpha value is -1.88. The first kappa shape index (κ1) is 15.5. The Kier molecular flexibility index (Phi) is 4.63. The molecule has 0 radical (unpaired) electrons. The standard InChI is InChI=1S/C16H21NO4/c1-16(15(19)20)9-5-6-10-17(16)14(18)13-8-4-3-7-12(13)11-21-2/h3-4,7-8H,5-6,9-11H2,1-2H3,(H,19,20). The molecule has 1 unspecified atom stereocenters. The number of rotatable bonds is 4. The molecule has 0 bridgehead atoms. The van der Waals surface area contributed by atoms with Crippen molar-refractivity contribution in [3.8, 4) is 0 Å². The third kappa shape index (κ3) is 2.93. The van der Waals surface area contributed by atoms with Gasteiger partial charge in [-0.15, -0.1) is 0 Å². The van der Waals surface area contributed by atoms with Crippen molar-refractivity contribution in [1.29, 1.82) is 0 Å². The van der Waals surface area contributed by atoms with E-state index in [1.165, 1.54) is 4.90 Å². The summed E-state index contributed by atoms with van der Waals surface area (Å²) in [6.45, 7) is 2.44. The van der Waals surface area contributed by atoms with E-state index < -0.39 is 11.5 Å². The van der Waals surface area contributed by atoms with Gasteiger partial charge in [0.2, 0.25) is 0 Å². The minimum atomic E-state index is -1.13. The van der Waals surface area contributed by atoms with E-state index in [0.717, 1.165) is 18.4 Å². The summed E-state index contributed by atoms with van der Waals surface area (Å²) < 4.78 is 5.12. The first-order valence-electron chi connectivity index (χ1n) is 7.13. The quantitative estimate of drug-likeness (QED) is 0.924. The largest absolute Gasteiger partial charge is 0.480 e. The third-order valence-corrected chi connectivity index (χ3v) is 4.14. The molecule has 1 aromatic rings. The van der Waals surface area contributed by atoms with Crippen molar-refractivity contribution < 1.29 is 19.4 Å². The van der Waals surface area contributed by atoms with Gasteiger partial charge in [-0.25, -0.2) is 4.79 Å². The van der Waals surface area contributed by atoms with Gasteiger partial charge in [-0.2, -0.15) is 0 Å². The number of ether oxygens (including phenoxy) is 1.